The fourth-order valence-corrected chi connectivity index (χ4v) is 6.53. The van der Waals surface area contributed by atoms with Gasteiger partial charge in [-0.05, 0) is 0 Å². The summed E-state index contributed by atoms with van der Waals surface area (Å²) in [5.41, 5.74) is 0.710. The minimum absolute atomic E-state index is 0.0471. The summed E-state index contributed by atoms with van der Waals surface area (Å²) in [6.07, 6.45) is 0. The molecule has 4 nitrogen and oxygen atoms in total. The maximum absolute atomic E-state index is 12.0. The van der Waals surface area contributed by atoms with Gasteiger partial charge >= 0.3 is 94.5 Å². The van der Waals surface area contributed by atoms with Gasteiger partial charge in [0.2, 0.25) is 0 Å². The van der Waals surface area contributed by atoms with Crippen LogP contribution in [-0.4, -0.2) is 21.0 Å². The molecule has 2 aliphatic heterocycles. The molecule has 0 aliphatic carbocycles. The van der Waals surface area contributed by atoms with Crippen LogP contribution in [0.15, 0.2) is 24.3 Å². The molecule has 0 N–H and O–H groups in total. The van der Waals surface area contributed by atoms with Gasteiger partial charge in [-0.15, -0.1) is 0 Å². The number of carbonyl (C=O) groups is 2. The summed E-state index contributed by atoms with van der Waals surface area (Å²) >= 11 is -2.17. The van der Waals surface area contributed by atoms with Crippen molar-refractivity contribution >= 4 is 32.4 Å². The molecule has 0 unspecified atom stereocenters. The van der Waals surface area contributed by atoms with Crippen molar-refractivity contribution < 1.29 is 12.7 Å². The number of halogens is 1. The average molecular weight is 317 g/mol. The molecule has 0 radical (unpaired) electrons. The predicted octanol–water partition coefficient (Wildman–Crippen LogP) is 1.59. The van der Waals surface area contributed by atoms with Gasteiger partial charge in [0.25, 0.3) is 0 Å². The standard InChI is InChI=1S/C10H8INO3/c1-6-10(14)15-11-8-5-3-2-4-7(8)9(13)12(6)11/h2-6H,1H3/t6-/m0/s1. The molecule has 0 saturated carbocycles. The van der Waals surface area contributed by atoms with Crippen molar-refractivity contribution in [2.24, 2.45) is 0 Å². The van der Waals surface area contributed by atoms with Crippen LogP contribution in [0.3, 0.4) is 0 Å². The predicted molar refractivity (Wildman–Crippen MR) is 60.9 cm³/mol. The zero-order valence-electron chi connectivity index (χ0n) is 7.94. The van der Waals surface area contributed by atoms with E-state index >= 15 is 0 Å². The van der Waals surface area contributed by atoms with Gasteiger partial charge in [0.15, 0.2) is 0 Å². The molecule has 2 heterocycles. The Hall–Kier alpha value is -1.11. The average Bonchev–Trinajstić information content (AvgIpc) is 2.68. The molecule has 1 aromatic carbocycles. The molecule has 1 aromatic rings. The minimum atomic E-state index is -2.17. The van der Waals surface area contributed by atoms with Gasteiger partial charge in [-0.2, -0.15) is 0 Å². The molecule has 2 aliphatic rings. The van der Waals surface area contributed by atoms with E-state index in [1.54, 1.807) is 16.1 Å². The molecule has 0 spiro atoms. The van der Waals surface area contributed by atoms with Crippen molar-refractivity contribution in [3.8, 4) is 0 Å². The first-order valence-electron chi connectivity index (χ1n) is 4.55. The molecule has 5 heteroatoms. The fraction of sp³-hybridized carbons (Fsp3) is 0.200. The van der Waals surface area contributed by atoms with E-state index in [0.29, 0.717) is 5.56 Å². The second-order valence-corrected chi connectivity index (χ2v) is 7.36. The molecule has 1 amide bonds. The van der Waals surface area contributed by atoms with E-state index in [1.165, 1.54) is 0 Å². The summed E-state index contributed by atoms with van der Waals surface area (Å²) in [4.78, 5) is 23.3. The van der Waals surface area contributed by atoms with Gasteiger partial charge in [0.05, 0.1) is 0 Å². The Balaban J connectivity index is 2.16. The SMILES string of the molecule is C[C@H]1C(=O)OI2c3ccccc3C(=O)N12. The summed E-state index contributed by atoms with van der Waals surface area (Å²) in [6, 6.07) is 7.00. The Labute approximate surface area is 94.5 Å². The first-order valence-corrected chi connectivity index (χ1v) is 7.47. The molecule has 1 saturated heterocycles. The summed E-state index contributed by atoms with van der Waals surface area (Å²) in [5.74, 6) is -0.308. The van der Waals surface area contributed by atoms with Crippen molar-refractivity contribution in [2.45, 2.75) is 13.0 Å². The van der Waals surface area contributed by atoms with Crippen molar-refractivity contribution in [3.63, 3.8) is 0 Å². The Morgan fingerprint density at radius 2 is 2.07 bits per heavy atom. The zero-order chi connectivity index (χ0) is 10.6. The number of hydrogen-bond acceptors (Lipinski definition) is 3. The van der Waals surface area contributed by atoms with Crippen LogP contribution in [0.4, 0.5) is 0 Å². The zero-order valence-corrected chi connectivity index (χ0v) is 10.1. The topological polar surface area (TPSA) is 46.6 Å². The van der Waals surface area contributed by atoms with E-state index in [4.69, 9.17) is 3.07 Å². The van der Waals surface area contributed by atoms with E-state index in [-0.39, 0.29) is 11.9 Å². The van der Waals surface area contributed by atoms with Crippen molar-refractivity contribution in [1.82, 2.24) is 3.11 Å². The number of carbonyl (C=O) groups excluding carboxylic acids is 2. The number of fused-ring (bicyclic) bond motifs is 3. The quantitative estimate of drug-likeness (QED) is 0.539. The monoisotopic (exact) mass is 317 g/mol. The Bertz CT molecular complexity index is 473. The van der Waals surface area contributed by atoms with Crippen LogP contribution in [0.5, 0.6) is 0 Å². The van der Waals surface area contributed by atoms with Gasteiger partial charge in [0, 0.05) is 0 Å². The van der Waals surface area contributed by atoms with Crippen LogP contribution < -0.4 is 0 Å². The summed E-state index contributed by atoms with van der Waals surface area (Å²) in [5, 5.41) is 0. The Morgan fingerprint density at radius 3 is 2.87 bits per heavy atom. The summed E-state index contributed by atoms with van der Waals surface area (Å²) in [7, 11) is 0. The van der Waals surface area contributed by atoms with Gasteiger partial charge in [-0.25, -0.2) is 0 Å². The van der Waals surface area contributed by atoms with E-state index in [0.717, 1.165) is 3.57 Å². The van der Waals surface area contributed by atoms with Crippen LogP contribution in [0, 0.1) is 3.57 Å². The van der Waals surface area contributed by atoms with Crippen molar-refractivity contribution in [1.29, 1.82) is 0 Å². The molecular formula is C10H8INO3. The second kappa shape index (κ2) is 2.94. The van der Waals surface area contributed by atoms with Crippen molar-refractivity contribution in [2.75, 3.05) is 0 Å². The normalized spacial score (nSPS) is 25.3. The van der Waals surface area contributed by atoms with E-state index in [9.17, 15) is 9.59 Å². The third kappa shape index (κ3) is 1.06. The van der Waals surface area contributed by atoms with E-state index in [1.807, 2.05) is 18.2 Å². The molecule has 78 valence electrons. The number of benzene rings is 1. The first kappa shape index (κ1) is 9.14. The molecule has 0 bridgehead atoms. The maximum atomic E-state index is 12.0. The van der Waals surface area contributed by atoms with E-state index in [2.05, 4.69) is 0 Å². The van der Waals surface area contributed by atoms with Crippen LogP contribution in [0.1, 0.15) is 17.3 Å². The van der Waals surface area contributed by atoms with E-state index < -0.39 is 26.5 Å². The number of nitrogens with zero attached hydrogens (tertiary/aromatic N) is 1. The molecular weight excluding hydrogens is 309 g/mol. The summed E-state index contributed by atoms with van der Waals surface area (Å²) < 4.78 is 7.92. The molecule has 1 fully saturated rings. The molecule has 15 heavy (non-hydrogen) atoms. The Kier molecular flexibility index (Phi) is 1.79. The number of rotatable bonds is 0. The van der Waals surface area contributed by atoms with Crippen LogP contribution in [0.2, 0.25) is 0 Å². The van der Waals surface area contributed by atoms with Crippen LogP contribution in [0.25, 0.3) is 0 Å². The van der Waals surface area contributed by atoms with Crippen molar-refractivity contribution in [3.05, 3.63) is 33.4 Å². The molecule has 3 rings (SSSR count). The molecule has 1 atom stereocenters. The summed E-state index contributed by atoms with van der Waals surface area (Å²) in [6.45, 7) is 1.73. The van der Waals surface area contributed by atoms with Crippen LogP contribution in [-0.2, 0) is 7.86 Å². The third-order valence-corrected chi connectivity index (χ3v) is 7.47. The van der Waals surface area contributed by atoms with Gasteiger partial charge in [0.1, 0.15) is 0 Å². The number of hydrogen-bond donors (Lipinski definition) is 0. The number of amides is 1. The Morgan fingerprint density at radius 1 is 1.33 bits per heavy atom. The van der Waals surface area contributed by atoms with Gasteiger partial charge in [-0.3, -0.25) is 0 Å². The molecule has 0 aromatic heterocycles. The second-order valence-electron chi connectivity index (χ2n) is 3.40. The van der Waals surface area contributed by atoms with Crippen LogP contribution >= 0.6 is 20.5 Å². The van der Waals surface area contributed by atoms with Gasteiger partial charge in [-0.1, -0.05) is 0 Å². The first-order chi connectivity index (χ1) is 7.20. The fourth-order valence-electron chi connectivity index (χ4n) is 1.68. The third-order valence-electron chi connectivity index (χ3n) is 2.47. The van der Waals surface area contributed by atoms with Gasteiger partial charge < -0.3 is 0 Å².